The van der Waals surface area contributed by atoms with Gasteiger partial charge < -0.3 is 15.8 Å². The van der Waals surface area contributed by atoms with Crippen molar-refractivity contribution in [2.24, 2.45) is 11.7 Å². The molecule has 1 saturated heterocycles. The third-order valence-corrected chi connectivity index (χ3v) is 4.92. The number of rotatable bonds is 4. The minimum absolute atomic E-state index is 0. The van der Waals surface area contributed by atoms with Crippen LogP contribution in [0.15, 0.2) is 29.6 Å². The molecule has 1 amide bonds. The molecule has 1 aliphatic rings. The molecule has 0 aliphatic carbocycles. The molecule has 0 saturated carbocycles. The Morgan fingerprint density at radius 3 is 2.67 bits per heavy atom. The van der Waals surface area contributed by atoms with Gasteiger partial charge in [0.25, 0.3) is 0 Å². The number of hydrogen-bond donors (Lipinski definition) is 2. The Balaban J connectivity index is 0.00000208. The molecule has 0 bridgehead atoms. The molecule has 1 fully saturated rings. The van der Waals surface area contributed by atoms with Crippen LogP contribution in [0.1, 0.15) is 18.4 Å². The first-order valence-corrected chi connectivity index (χ1v) is 8.68. The van der Waals surface area contributed by atoms with Gasteiger partial charge in [0.2, 0.25) is 5.91 Å². The van der Waals surface area contributed by atoms with E-state index in [-0.39, 0.29) is 24.2 Å². The Kier molecular flexibility index (Phi) is 6.74. The zero-order valence-corrected chi connectivity index (χ0v) is 15.2. The van der Waals surface area contributed by atoms with Gasteiger partial charge in [-0.3, -0.25) is 4.79 Å². The fraction of sp³-hybridized carbons (Fsp3) is 0.412. The van der Waals surface area contributed by atoms with E-state index in [9.17, 15) is 4.79 Å². The van der Waals surface area contributed by atoms with Crippen molar-refractivity contribution in [1.82, 2.24) is 4.98 Å². The van der Waals surface area contributed by atoms with Crippen molar-refractivity contribution in [3.8, 4) is 11.3 Å². The number of anilines is 1. The molecule has 130 valence electrons. The lowest BCUT2D eigenvalue weighted by Crippen LogP contribution is -2.43. The van der Waals surface area contributed by atoms with Gasteiger partial charge in [0.05, 0.1) is 11.7 Å². The maximum atomic E-state index is 12.3. The van der Waals surface area contributed by atoms with Crippen LogP contribution in [0.3, 0.4) is 0 Å². The molecular formula is C17H22ClN3O2S. The number of amides is 1. The van der Waals surface area contributed by atoms with E-state index in [4.69, 9.17) is 10.5 Å². The van der Waals surface area contributed by atoms with Crippen LogP contribution < -0.4 is 11.1 Å². The molecule has 2 heterocycles. The van der Waals surface area contributed by atoms with Crippen molar-refractivity contribution >= 4 is 34.8 Å². The number of carbonyl (C=O) groups excluding carboxylic acids is 1. The largest absolute Gasteiger partial charge is 0.381 e. The Morgan fingerprint density at radius 1 is 1.33 bits per heavy atom. The van der Waals surface area contributed by atoms with E-state index < -0.39 is 6.04 Å². The minimum atomic E-state index is -0.509. The van der Waals surface area contributed by atoms with Gasteiger partial charge in [-0.1, -0.05) is 29.8 Å². The lowest BCUT2D eigenvalue weighted by Gasteiger charge is -2.26. The summed E-state index contributed by atoms with van der Waals surface area (Å²) in [6.07, 6.45) is 1.67. The van der Waals surface area contributed by atoms with Gasteiger partial charge in [0, 0.05) is 24.2 Å². The molecule has 2 aromatic rings. The first-order valence-electron chi connectivity index (χ1n) is 7.80. The second kappa shape index (κ2) is 8.58. The van der Waals surface area contributed by atoms with E-state index in [0.29, 0.717) is 18.3 Å². The molecule has 5 nitrogen and oxygen atoms in total. The zero-order chi connectivity index (χ0) is 16.2. The standard InChI is InChI=1S/C17H21N3O2S.ClH/c1-11-2-4-12(5-3-11)14-10-23-17(19-14)20-16(21)15(18)13-6-8-22-9-7-13;/h2-5,10,13,15H,6-9,18H2,1H3,(H,19,20,21);1H. The SMILES string of the molecule is Cc1ccc(-c2csc(NC(=O)C(N)C3CCOCC3)n2)cc1.Cl. The highest BCUT2D eigenvalue weighted by Crippen LogP contribution is 2.26. The average Bonchev–Trinajstić information content (AvgIpc) is 3.04. The van der Waals surface area contributed by atoms with E-state index in [1.165, 1.54) is 16.9 Å². The zero-order valence-electron chi connectivity index (χ0n) is 13.5. The van der Waals surface area contributed by atoms with Crippen molar-refractivity contribution in [3.05, 3.63) is 35.2 Å². The smallest absolute Gasteiger partial charge is 0.243 e. The molecule has 3 rings (SSSR count). The van der Waals surface area contributed by atoms with Crippen LogP contribution in [0.25, 0.3) is 11.3 Å². The number of aryl methyl sites for hydroxylation is 1. The summed E-state index contributed by atoms with van der Waals surface area (Å²) in [5.74, 6) is 0.0157. The molecule has 1 aromatic heterocycles. The first-order chi connectivity index (χ1) is 11.1. The highest BCUT2D eigenvalue weighted by atomic mass is 35.5. The fourth-order valence-corrected chi connectivity index (χ4v) is 3.39. The summed E-state index contributed by atoms with van der Waals surface area (Å²) < 4.78 is 5.31. The fourth-order valence-electron chi connectivity index (χ4n) is 2.67. The molecule has 0 spiro atoms. The van der Waals surface area contributed by atoms with Crippen molar-refractivity contribution < 1.29 is 9.53 Å². The Hall–Kier alpha value is -1.47. The normalized spacial score (nSPS) is 16.2. The molecule has 3 N–H and O–H groups in total. The molecule has 1 unspecified atom stereocenters. The highest BCUT2D eigenvalue weighted by molar-refractivity contribution is 7.14. The number of aromatic nitrogens is 1. The van der Waals surface area contributed by atoms with Crippen molar-refractivity contribution in [2.45, 2.75) is 25.8 Å². The van der Waals surface area contributed by atoms with Crippen LogP contribution in [0.2, 0.25) is 0 Å². The van der Waals surface area contributed by atoms with E-state index in [2.05, 4.69) is 10.3 Å². The summed E-state index contributed by atoms with van der Waals surface area (Å²) in [6.45, 7) is 3.41. The van der Waals surface area contributed by atoms with Crippen LogP contribution in [0.5, 0.6) is 0 Å². The van der Waals surface area contributed by atoms with Gasteiger partial charge in [0.1, 0.15) is 0 Å². The molecular weight excluding hydrogens is 346 g/mol. The number of thiazole rings is 1. The number of nitrogens with one attached hydrogen (secondary N) is 1. The van der Waals surface area contributed by atoms with Gasteiger partial charge >= 0.3 is 0 Å². The predicted molar refractivity (Wildman–Crippen MR) is 99.7 cm³/mol. The Labute approximate surface area is 152 Å². The maximum Gasteiger partial charge on any atom is 0.243 e. The predicted octanol–water partition coefficient (Wildman–Crippen LogP) is 3.23. The summed E-state index contributed by atoms with van der Waals surface area (Å²) in [7, 11) is 0. The van der Waals surface area contributed by atoms with Gasteiger partial charge in [-0.2, -0.15) is 0 Å². The molecule has 0 radical (unpaired) electrons. The van der Waals surface area contributed by atoms with Crippen LogP contribution in [0, 0.1) is 12.8 Å². The number of ether oxygens (including phenoxy) is 1. The van der Waals surface area contributed by atoms with E-state index in [1.807, 2.05) is 36.6 Å². The molecule has 1 aromatic carbocycles. The van der Waals surface area contributed by atoms with E-state index >= 15 is 0 Å². The van der Waals surface area contributed by atoms with E-state index in [0.717, 1.165) is 24.1 Å². The monoisotopic (exact) mass is 367 g/mol. The summed E-state index contributed by atoms with van der Waals surface area (Å²) in [4.78, 5) is 16.8. The lowest BCUT2D eigenvalue weighted by molar-refractivity contribution is -0.119. The summed E-state index contributed by atoms with van der Waals surface area (Å²) in [5, 5.41) is 5.38. The second-order valence-corrected chi connectivity index (χ2v) is 6.73. The Morgan fingerprint density at radius 2 is 2.00 bits per heavy atom. The highest BCUT2D eigenvalue weighted by Gasteiger charge is 2.27. The number of nitrogens with zero attached hydrogens (tertiary/aromatic N) is 1. The summed E-state index contributed by atoms with van der Waals surface area (Å²) in [6, 6.07) is 7.65. The molecule has 24 heavy (non-hydrogen) atoms. The topological polar surface area (TPSA) is 77.2 Å². The van der Waals surface area contributed by atoms with Gasteiger partial charge in [-0.05, 0) is 25.7 Å². The molecule has 1 aliphatic heterocycles. The average molecular weight is 368 g/mol. The van der Waals surface area contributed by atoms with Crippen molar-refractivity contribution in [2.75, 3.05) is 18.5 Å². The minimum Gasteiger partial charge on any atom is -0.381 e. The number of nitrogens with two attached hydrogens (primary N) is 1. The molecule has 7 heteroatoms. The second-order valence-electron chi connectivity index (χ2n) is 5.87. The van der Waals surface area contributed by atoms with Gasteiger partial charge in [-0.25, -0.2) is 4.98 Å². The van der Waals surface area contributed by atoms with Crippen molar-refractivity contribution in [1.29, 1.82) is 0 Å². The Bertz CT molecular complexity index is 669. The van der Waals surface area contributed by atoms with Crippen LogP contribution in [-0.4, -0.2) is 30.1 Å². The summed E-state index contributed by atoms with van der Waals surface area (Å²) >= 11 is 1.42. The third kappa shape index (κ3) is 4.54. The van der Waals surface area contributed by atoms with Crippen LogP contribution in [-0.2, 0) is 9.53 Å². The van der Waals surface area contributed by atoms with Crippen molar-refractivity contribution in [3.63, 3.8) is 0 Å². The van der Waals surface area contributed by atoms with E-state index in [1.54, 1.807) is 0 Å². The number of benzene rings is 1. The lowest BCUT2D eigenvalue weighted by atomic mass is 9.92. The van der Waals surface area contributed by atoms with Gasteiger partial charge in [0.15, 0.2) is 5.13 Å². The van der Waals surface area contributed by atoms with Crippen LogP contribution in [0.4, 0.5) is 5.13 Å². The number of hydrogen-bond acceptors (Lipinski definition) is 5. The summed E-state index contributed by atoms with van der Waals surface area (Å²) in [5.41, 5.74) is 9.20. The van der Waals surface area contributed by atoms with Gasteiger partial charge in [-0.15, -0.1) is 23.7 Å². The quantitative estimate of drug-likeness (QED) is 0.869. The number of carbonyl (C=O) groups is 1. The van der Waals surface area contributed by atoms with Crippen LogP contribution >= 0.6 is 23.7 Å². The third-order valence-electron chi connectivity index (χ3n) is 4.16. The maximum absolute atomic E-state index is 12.3. The first kappa shape index (κ1) is 18.9. The molecule has 1 atom stereocenters. The number of halogens is 1.